The summed E-state index contributed by atoms with van der Waals surface area (Å²) in [5.74, 6) is 0. The lowest BCUT2D eigenvalue weighted by Crippen LogP contribution is -2.42. The highest BCUT2D eigenvalue weighted by atomic mass is 32.2. The molecular weight excluding hydrogens is 222 g/mol. The summed E-state index contributed by atoms with van der Waals surface area (Å²) in [5, 5.41) is 0. The van der Waals surface area contributed by atoms with Crippen LogP contribution in [0.1, 0.15) is 0 Å². The minimum Gasteiger partial charge on any atom is -0.379 e. The second kappa shape index (κ2) is 5.55. The van der Waals surface area contributed by atoms with E-state index in [0.717, 1.165) is 6.26 Å². The average molecular weight is 237 g/mol. The smallest absolute Gasteiger partial charge is 0.265 e. The molecule has 1 aliphatic rings. The number of hydrogen-bond donors (Lipinski definition) is 0. The molecular formula is C8H15NO5S. The van der Waals surface area contributed by atoms with Gasteiger partial charge in [-0.3, -0.25) is 9.08 Å². The molecule has 0 spiro atoms. The fourth-order valence-electron chi connectivity index (χ4n) is 1.36. The quantitative estimate of drug-likeness (QED) is 0.444. The number of carbonyl (C=O) groups is 1. The standard InChI is InChI=1S/C8H15NO5S/c1-15(11,12)14-8(7-10)6-9-2-4-13-5-3-9/h7-8H,2-6H2,1H3. The maximum absolute atomic E-state index is 10.8. The third-order valence-corrected chi connectivity index (χ3v) is 2.59. The Kier molecular flexibility index (Phi) is 4.65. The average Bonchev–Trinajstić information content (AvgIpc) is 2.16. The fraction of sp³-hybridized carbons (Fsp3) is 0.875. The molecule has 6 nitrogen and oxygen atoms in total. The zero-order chi connectivity index (χ0) is 11.3. The van der Waals surface area contributed by atoms with Gasteiger partial charge < -0.3 is 9.53 Å². The van der Waals surface area contributed by atoms with Crippen molar-refractivity contribution in [1.82, 2.24) is 4.90 Å². The SMILES string of the molecule is CS(=O)(=O)OC(C=O)CN1CCOCC1. The molecule has 0 aromatic heterocycles. The summed E-state index contributed by atoms with van der Waals surface area (Å²) < 4.78 is 31.4. The normalized spacial score (nSPS) is 21.1. The molecule has 7 heteroatoms. The molecule has 1 fully saturated rings. The number of morpholine rings is 1. The van der Waals surface area contributed by atoms with Gasteiger partial charge in [0.25, 0.3) is 10.1 Å². The van der Waals surface area contributed by atoms with Crippen LogP contribution < -0.4 is 0 Å². The van der Waals surface area contributed by atoms with Gasteiger partial charge in [0.05, 0.1) is 19.5 Å². The molecule has 0 aromatic rings. The molecule has 1 aliphatic heterocycles. The van der Waals surface area contributed by atoms with E-state index in [-0.39, 0.29) is 0 Å². The molecule has 0 amide bonds. The molecule has 88 valence electrons. The summed E-state index contributed by atoms with van der Waals surface area (Å²) >= 11 is 0. The van der Waals surface area contributed by atoms with Crippen LogP contribution in [0.4, 0.5) is 0 Å². The fourth-order valence-corrected chi connectivity index (χ4v) is 1.91. The molecule has 15 heavy (non-hydrogen) atoms. The largest absolute Gasteiger partial charge is 0.379 e. The lowest BCUT2D eigenvalue weighted by Gasteiger charge is -2.27. The Morgan fingerprint density at radius 3 is 2.53 bits per heavy atom. The van der Waals surface area contributed by atoms with E-state index in [4.69, 9.17) is 4.74 Å². The molecule has 0 saturated carbocycles. The van der Waals surface area contributed by atoms with Gasteiger partial charge in [-0.15, -0.1) is 0 Å². The first-order valence-corrected chi connectivity index (χ1v) is 6.46. The van der Waals surface area contributed by atoms with E-state index in [1.54, 1.807) is 0 Å². The van der Waals surface area contributed by atoms with Crippen LogP contribution in [0.15, 0.2) is 0 Å². The predicted molar refractivity (Wildman–Crippen MR) is 53.0 cm³/mol. The van der Waals surface area contributed by atoms with E-state index in [0.29, 0.717) is 39.1 Å². The van der Waals surface area contributed by atoms with Crippen molar-refractivity contribution in [3.63, 3.8) is 0 Å². The van der Waals surface area contributed by atoms with Crippen LogP contribution in [-0.2, 0) is 23.8 Å². The van der Waals surface area contributed by atoms with Crippen LogP contribution in [0.3, 0.4) is 0 Å². The van der Waals surface area contributed by atoms with Crippen LogP contribution in [0.25, 0.3) is 0 Å². The van der Waals surface area contributed by atoms with Crippen LogP contribution in [0.2, 0.25) is 0 Å². The van der Waals surface area contributed by atoms with E-state index >= 15 is 0 Å². The summed E-state index contributed by atoms with van der Waals surface area (Å²) in [6.07, 6.45) is 0.525. The third-order valence-electron chi connectivity index (χ3n) is 1.99. The number of ether oxygens (including phenoxy) is 1. The number of carbonyl (C=O) groups excluding carboxylic acids is 1. The monoisotopic (exact) mass is 237 g/mol. The van der Waals surface area contributed by atoms with Crippen molar-refractivity contribution < 1.29 is 22.1 Å². The Bertz CT molecular complexity index is 296. The third kappa shape index (κ3) is 5.22. The summed E-state index contributed by atoms with van der Waals surface area (Å²) in [7, 11) is -3.58. The van der Waals surface area contributed by atoms with Crippen molar-refractivity contribution in [2.24, 2.45) is 0 Å². The van der Waals surface area contributed by atoms with Crippen LogP contribution >= 0.6 is 0 Å². The molecule has 0 radical (unpaired) electrons. The minimum atomic E-state index is -3.58. The van der Waals surface area contributed by atoms with E-state index in [2.05, 4.69) is 4.18 Å². The topological polar surface area (TPSA) is 72.9 Å². The van der Waals surface area contributed by atoms with Crippen molar-refractivity contribution in [2.45, 2.75) is 6.10 Å². The van der Waals surface area contributed by atoms with Gasteiger partial charge in [0, 0.05) is 19.6 Å². The Labute approximate surface area is 89.3 Å². The van der Waals surface area contributed by atoms with Gasteiger partial charge in [-0.1, -0.05) is 0 Å². The second-order valence-electron chi connectivity index (χ2n) is 3.39. The first-order chi connectivity index (χ1) is 7.01. The summed E-state index contributed by atoms with van der Waals surface area (Å²) in [4.78, 5) is 12.5. The molecule has 1 heterocycles. The van der Waals surface area contributed by atoms with Crippen molar-refractivity contribution in [3.05, 3.63) is 0 Å². The molecule has 1 atom stereocenters. The molecule has 0 N–H and O–H groups in total. The highest BCUT2D eigenvalue weighted by Crippen LogP contribution is 2.02. The van der Waals surface area contributed by atoms with E-state index in [1.807, 2.05) is 4.90 Å². The zero-order valence-electron chi connectivity index (χ0n) is 8.59. The maximum Gasteiger partial charge on any atom is 0.265 e. The van der Waals surface area contributed by atoms with Crippen molar-refractivity contribution >= 4 is 16.4 Å². The minimum absolute atomic E-state index is 0.292. The molecule has 0 bridgehead atoms. The molecule has 1 unspecified atom stereocenters. The second-order valence-corrected chi connectivity index (χ2v) is 4.99. The van der Waals surface area contributed by atoms with E-state index < -0.39 is 16.2 Å². The van der Waals surface area contributed by atoms with Gasteiger partial charge in [-0.05, 0) is 0 Å². The van der Waals surface area contributed by atoms with Gasteiger partial charge in [-0.2, -0.15) is 8.42 Å². The summed E-state index contributed by atoms with van der Waals surface area (Å²) in [6, 6.07) is 0. The summed E-state index contributed by atoms with van der Waals surface area (Å²) in [5.41, 5.74) is 0. The first kappa shape index (κ1) is 12.6. The molecule has 0 aromatic carbocycles. The molecule has 1 rings (SSSR count). The maximum atomic E-state index is 10.8. The molecule has 1 saturated heterocycles. The Morgan fingerprint density at radius 1 is 1.47 bits per heavy atom. The van der Waals surface area contributed by atoms with E-state index in [9.17, 15) is 13.2 Å². The van der Waals surface area contributed by atoms with Crippen molar-refractivity contribution in [1.29, 1.82) is 0 Å². The number of nitrogens with zero attached hydrogens (tertiary/aromatic N) is 1. The van der Waals surface area contributed by atoms with Gasteiger partial charge >= 0.3 is 0 Å². The van der Waals surface area contributed by atoms with Crippen molar-refractivity contribution in [2.75, 3.05) is 39.1 Å². The predicted octanol–water partition coefficient (Wildman–Crippen LogP) is -1.14. The van der Waals surface area contributed by atoms with Gasteiger partial charge in [0.15, 0.2) is 6.29 Å². The number of aldehydes is 1. The molecule has 0 aliphatic carbocycles. The highest BCUT2D eigenvalue weighted by Gasteiger charge is 2.20. The zero-order valence-corrected chi connectivity index (χ0v) is 9.40. The van der Waals surface area contributed by atoms with E-state index in [1.165, 1.54) is 0 Å². The lowest BCUT2D eigenvalue weighted by molar-refractivity contribution is -0.114. The lowest BCUT2D eigenvalue weighted by atomic mass is 10.3. The van der Waals surface area contributed by atoms with Gasteiger partial charge in [0.2, 0.25) is 0 Å². The van der Waals surface area contributed by atoms with Gasteiger partial charge in [-0.25, -0.2) is 0 Å². The number of rotatable bonds is 5. The van der Waals surface area contributed by atoms with Crippen LogP contribution in [0, 0.1) is 0 Å². The Morgan fingerprint density at radius 2 is 2.07 bits per heavy atom. The Balaban J connectivity index is 2.42. The van der Waals surface area contributed by atoms with Crippen LogP contribution in [-0.4, -0.2) is 64.8 Å². The first-order valence-electron chi connectivity index (χ1n) is 4.65. The van der Waals surface area contributed by atoms with Crippen molar-refractivity contribution in [3.8, 4) is 0 Å². The summed E-state index contributed by atoms with van der Waals surface area (Å²) in [6.45, 7) is 2.88. The Hall–Kier alpha value is -0.500. The highest BCUT2D eigenvalue weighted by molar-refractivity contribution is 7.86. The van der Waals surface area contributed by atoms with Gasteiger partial charge in [0.1, 0.15) is 6.10 Å². The number of hydrogen-bond acceptors (Lipinski definition) is 6. The van der Waals surface area contributed by atoms with Crippen LogP contribution in [0.5, 0.6) is 0 Å².